The van der Waals surface area contributed by atoms with Crippen molar-refractivity contribution in [3.05, 3.63) is 77.5 Å². The predicted molar refractivity (Wildman–Crippen MR) is 91.8 cm³/mol. The Morgan fingerprint density at radius 2 is 1.30 bits per heavy atom. The number of hydrogen-bond donors (Lipinski definition) is 0. The zero-order valence-electron chi connectivity index (χ0n) is 12.8. The fraction of sp³-hybridized carbons (Fsp3) is 0.211. The van der Waals surface area contributed by atoms with Gasteiger partial charge in [-0.15, -0.1) is 5.73 Å². The van der Waals surface area contributed by atoms with Crippen molar-refractivity contribution >= 4 is 18.5 Å². The van der Waals surface area contributed by atoms with Crippen LogP contribution in [0, 0.1) is 0 Å². The van der Waals surface area contributed by atoms with Crippen molar-refractivity contribution in [3.8, 4) is 0 Å². The van der Waals surface area contributed by atoms with Crippen molar-refractivity contribution in [1.82, 2.24) is 0 Å². The van der Waals surface area contributed by atoms with Crippen molar-refractivity contribution in [2.24, 2.45) is 0 Å². The summed E-state index contributed by atoms with van der Waals surface area (Å²) in [6.45, 7) is 9.05. The molecule has 0 aliphatic rings. The quantitative estimate of drug-likeness (QED) is 0.559. The molecule has 0 saturated carbocycles. The van der Waals surface area contributed by atoms with E-state index in [-0.39, 0.29) is 0 Å². The molecule has 2 aromatic carbocycles. The Bertz CT molecular complexity index is 626. The summed E-state index contributed by atoms with van der Waals surface area (Å²) >= 11 is 0. The highest BCUT2D eigenvalue weighted by molar-refractivity contribution is 7.04. The molecule has 0 saturated heterocycles. The number of benzene rings is 2. The molecule has 0 radical (unpaired) electrons. The van der Waals surface area contributed by atoms with E-state index < -0.39 is 8.07 Å². The fourth-order valence-electron chi connectivity index (χ4n) is 2.44. The molecule has 0 amide bonds. The van der Waals surface area contributed by atoms with Gasteiger partial charge in [0.1, 0.15) is 8.07 Å². The summed E-state index contributed by atoms with van der Waals surface area (Å²) in [6, 6.07) is 21.5. The van der Waals surface area contributed by atoms with E-state index in [0.717, 1.165) is 0 Å². The van der Waals surface area contributed by atoms with Gasteiger partial charge in [0.15, 0.2) is 0 Å². The van der Waals surface area contributed by atoms with Crippen LogP contribution in [0.1, 0.15) is 19.4 Å². The molecule has 0 aliphatic carbocycles. The topological polar surface area (TPSA) is 0 Å². The summed E-state index contributed by atoms with van der Waals surface area (Å²) < 4.78 is 0. The first-order valence-corrected chi connectivity index (χ1v) is 10.1. The van der Waals surface area contributed by atoms with Gasteiger partial charge in [-0.05, 0) is 30.2 Å². The zero-order chi connectivity index (χ0) is 14.6. The minimum absolute atomic E-state index is 1.24. The van der Waals surface area contributed by atoms with Gasteiger partial charge >= 0.3 is 0 Å². The van der Waals surface area contributed by atoms with Crippen molar-refractivity contribution in [2.45, 2.75) is 26.9 Å². The summed E-state index contributed by atoms with van der Waals surface area (Å²) in [7, 11) is -1.73. The summed E-state index contributed by atoms with van der Waals surface area (Å²) in [5.41, 5.74) is 6.17. The third-order valence-electron chi connectivity index (χ3n) is 3.56. The molecule has 0 fully saturated rings. The maximum atomic E-state index is 3.63. The molecule has 0 atom stereocenters. The van der Waals surface area contributed by atoms with Crippen molar-refractivity contribution in [1.29, 1.82) is 0 Å². The molecule has 102 valence electrons. The van der Waals surface area contributed by atoms with E-state index in [0.29, 0.717) is 0 Å². The standard InChI is InChI=1S/C19H22Si/c1-16(2)15-19(17-11-7-5-8-12-17)20(3,4)18-13-9-6-10-14-18/h5-14H,1-4H3. The SMILES string of the molecule is CC(C)=C=C(c1ccccc1)[Si](C)(C)c1ccccc1. The van der Waals surface area contributed by atoms with E-state index in [1.54, 1.807) is 0 Å². The average molecular weight is 278 g/mol. The highest BCUT2D eigenvalue weighted by Crippen LogP contribution is 2.25. The lowest BCUT2D eigenvalue weighted by Crippen LogP contribution is -2.42. The zero-order valence-corrected chi connectivity index (χ0v) is 13.8. The van der Waals surface area contributed by atoms with Crippen LogP contribution in [0.5, 0.6) is 0 Å². The van der Waals surface area contributed by atoms with Gasteiger partial charge in [0, 0.05) is 0 Å². The fourth-order valence-corrected chi connectivity index (χ4v) is 5.21. The molecular weight excluding hydrogens is 256 g/mol. The van der Waals surface area contributed by atoms with Crippen molar-refractivity contribution in [2.75, 3.05) is 0 Å². The Morgan fingerprint density at radius 1 is 0.800 bits per heavy atom. The third kappa shape index (κ3) is 3.19. The van der Waals surface area contributed by atoms with Crippen LogP contribution in [-0.4, -0.2) is 8.07 Å². The molecule has 0 unspecified atom stereocenters. The summed E-state index contributed by atoms with van der Waals surface area (Å²) in [5.74, 6) is 0. The van der Waals surface area contributed by atoms with E-state index in [1.807, 2.05) is 0 Å². The molecular formula is C19H22Si. The molecule has 0 bridgehead atoms. The second-order valence-electron chi connectivity index (χ2n) is 5.86. The molecule has 20 heavy (non-hydrogen) atoms. The maximum Gasteiger partial charge on any atom is 0.122 e. The highest BCUT2D eigenvalue weighted by Gasteiger charge is 2.29. The van der Waals surface area contributed by atoms with Crippen LogP contribution in [0.25, 0.3) is 5.20 Å². The van der Waals surface area contributed by atoms with Gasteiger partial charge in [0.05, 0.1) is 0 Å². The van der Waals surface area contributed by atoms with Gasteiger partial charge in [0.2, 0.25) is 0 Å². The molecule has 0 aromatic heterocycles. The van der Waals surface area contributed by atoms with E-state index in [4.69, 9.17) is 0 Å². The molecule has 0 N–H and O–H groups in total. The first kappa shape index (κ1) is 14.6. The minimum Gasteiger partial charge on any atom is -0.122 e. The van der Waals surface area contributed by atoms with Crippen LogP contribution in [0.4, 0.5) is 0 Å². The Kier molecular flexibility index (Phi) is 4.44. The van der Waals surface area contributed by atoms with Gasteiger partial charge in [-0.2, -0.15) is 0 Å². The van der Waals surface area contributed by atoms with E-state index in [1.165, 1.54) is 21.5 Å². The van der Waals surface area contributed by atoms with Crippen LogP contribution >= 0.6 is 0 Å². The highest BCUT2D eigenvalue weighted by atomic mass is 28.3. The van der Waals surface area contributed by atoms with Crippen LogP contribution < -0.4 is 5.19 Å². The lowest BCUT2D eigenvalue weighted by molar-refractivity contribution is 1.41. The first-order valence-electron chi connectivity index (χ1n) is 7.07. The number of hydrogen-bond acceptors (Lipinski definition) is 0. The van der Waals surface area contributed by atoms with Crippen molar-refractivity contribution in [3.63, 3.8) is 0 Å². The van der Waals surface area contributed by atoms with Gasteiger partial charge < -0.3 is 0 Å². The van der Waals surface area contributed by atoms with Crippen LogP contribution in [0.3, 0.4) is 0 Å². The number of rotatable bonds is 3. The normalized spacial score (nSPS) is 10.8. The van der Waals surface area contributed by atoms with Crippen molar-refractivity contribution < 1.29 is 0 Å². The van der Waals surface area contributed by atoms with Crippen LogP contribution in [-0.2, 0) is 0 Å². The summed E-state index contributed by atoms with van der Waals surface area (Å²) in [6.07, 6.45) is 0. The van der Waals surface area contributed by atoms with E-state index in [9.17, 15) is 0 Å². The largest absolute Gasteiger partial charge is 0.122 e. The van der Waals surface area contributed by atoms with Gasteiger partial charge in [-0.3, -0.25) is 0 Å². The third-order valence-corrected chi connectivity index (χ3v) is 7.00. The monoisotopic (exact) mass is 278 g/mol. The van der Waals surface area contributed by atoms with E-state index in [2.05, 4.69) is 93.3 Å². The minimum atomic E-state index is -1.73. The lowest BCUT2D eigenvalue weighted by atomic mass is 10.2. The predicted octanol–water partition coefficient (Wildman–Crippen LogP) is 4.79. The molecule has 1 heteroatoms. The lowest BCUT2D eigenvalue weighted by Gasteiger charge is -2.25. The Balaban J connectivity index is 2.63. The molecule has 0 spiro atoms. The van der Waals surface area contributed by atoms with Crippen LogP contribution in [0.2, 0.25) is 13.1 Å². The average Bonchev–Trinajstić information content (AvgIpc) is 2.46. The smallest absolute Gasteiger partial charge is 0.122 e. The molecule has 2 aromatic rings. The summed E-state index contributed by atoms with van der Waals surface area (Å²) in [5, 5.41) is 2.83. The summed E-state index contributed by atoms with van der Waals surface area (Å²) in [4.78, 5) is 0. The first-order chi connectivity index (χ1) is 9.51. The van der Waals surface area contributed by atoms with Gasteiger partial charge in [-0.25, -0.2) is 0 Å². The molecule has 2 rings (SSSR count). The molecule has 0 aliphatic heterocycles. The van der Waals surface area contributed by atoms with Gasteiger partial charge in [0.25, 0.3) is 0 Å². The Labute approximate surface area is 123 Å². The second-order valence-corrected chi connectivity index (χ2v) is 10.2. The molecule has 0 heterocycles. The maximum absolute atomic E-state index is 3.63. The second kappa shape index (κ2) is 6.09. The Hall–Kier alpha value is -1.82. The Morgan fingerprint density at radius 3 is 1.80 bits per heavy atom. The van der Waals surface area contributed by atoms with E-state index >= 15 is 0 Å². The van der Waals surface area contributed by atoms with Gasteiger partial charge in [-0.1, -0.05) is 78.9 Å². The number of allylic oxidation sites excluding steroid dienone is 1. The van der Waals surface area contributed by atoms with Crippen LogP contribution in [0.15, 0.2) is 72.0 Å². The molecule has 0 nitrogen and oxygen atoms in total.